The number of rotatable bonds is 5. The van der Waals surface area contributed by atoms with Crippen molar-refractivity contribution in [1.29, 1.82) is 0 Å². The zero-order valence-electron chi connectivity index (χ0n) is 15.8. The molecule has 0 fully saturated rings. The molecule has 4 aromatic rings. The minimum atomic E-state index is -0.268. The van der Waals surface area contributed by atoms with E-state index in [1.165, 1.54) is 9.36 Å². The molecule has 0 aliphatic rings. The lowest BCUT2D eigenvalue weighted by molar-refractivity contribution is 0.237. The van der Waals surface area contributed by atoms with E-state index in [1.807, 2.05) is 36.4 Å². The van der Waals surface area contributed by atoms with Gasteiger partial charge >= 0.3 is 6.03 Å². The minimum absolute atomic E-state index is 0.268. The summed E-state index contributed by atoms with van der Waals surface area (Å²) < 4.78 is 2.85. The number of hydrogen-bond acceptors (Lipinski definition) is 3. The van der Waals surface area contributed by atoms with E-state index in [9.17, 15) is 4.79 Å². The molecule has 5 heteroatoms. The second kappa shape index (κ2) is 8.05. The highest BCUT2D eigenvalue weighted by atomic mass is 16.2. The van der Waals surface area contributed by atoms with Gasteiger partial charge in [-0.1, -0.05) is 74.0 Å². The zero-order chi connectivity index (χ0) is 19.3. The summed E-state index contributed by atoms with van der Waals surface area (Å²) in [5.41, 5.74) is 5.10. The number of aromatic nitrogens is 4. The van der Waals surface area contributed by atoms with Crippen molar-refractivity contribution in [2.45, 2.75) is 26.2 Å². The maximum absolute atomic E-state index is 13.1. The number of nitrogens with zero attached hydrogens (tertiary/aromatic N) is 4. The Balaban J connectivity index is 1.91. The van der Waals surface area contributed by atoms with Gasteiger partial charge in [-0.2, -0.15) is 19.6 Å². The highest BCUT2D eigenvalue weighted by molar-refractivity contribution is 5.82. The van der Waals surface area contributed by atoms with Gasteiger partial charge in [0.05, 0.1) is 11.4 Å². The predicted octanol–water partition coefficient (Wildman–Crippen LogP) is 4.81. The van der Waals surface area contributed by atoms with Crippen LogP contribution in [0.3, 0.4) is 0 Å². The van der Waals surface area contributed by atoms with Gasteiger partial charge in [0, 0.05) is 24.4 Å². The van der Waals surface area contributed by atoms with Gasteiger partial charge in [0.1, 0.15) is 0 Å². The largest absolute Gasteiger partial charge is 0.369 e. The van der Waals surface area contributed by atoms with Crippen molar-refractivity contribution >= 4 is 6.03 Å². The number of carbonyl (C=O) groups excluding carboxylic acids is 1. The second-order valence-corrected chi connectivity index (χ2v) is 6.69. The van der Waals surface area contributed by atoms with E-state index in [0.29, 0.717) is 6.42 Å². The van der Waals surface area contributed by atoms with Gasteiger partial charge in [-0.25, -0.2) is 4.79 Å². The van der Waals surface area contributed by atoms with Gasteiger partial charge < -0.3 is 0 Å². The first kappa shape index (κ1) is 17.9. The Morgan fingerprint density at radius 2 is 1.68 bits per heavy atom. The molecule has 0 atom stereocenters. The number of carbonyl (C=O) groups is 1. The first-order chi connectivity index (χ1) is 13.8. The molecule has 4 rings (SSSR count). The topological polar surface area (TPSA) is 52.7 Å². The predicted molar refractivity (Wildman–Crippen MR) is 109 cm³/mol. The third-order valence-electron chi connectivity index (χ3n) is 4.70. The fourth-order valence-electron chi connectivity index (χ4n) is 3.44. The Morgan fingerprint density at radius 1 is 0.964 bits per heavy atom. The van der Waals surface area contributed by atoms with E-state index in [0.717, 1.165) is 40.9 Å². The Labute approximate surface area is 164 Å². The summed E-state index contributed by atoms with van der Waals surface area (Å²) in [4.78, 5) is 13.1. The highest BCUT2D eigenvalue weighted by Gasteiger charge is 2.23. The van der Waals surface area contributed by atoms with Gasteiger partial charge in [0.25, 0.3) is 0 Å². The summed E-state index contributed by atoms with van der Waals surface area (Å²) in [6, 6.07) is 21.8. The monoisotopic (exact) mass is 370 g/mol. The van der Waals surface area contributed by atoms with Crippen molar-refractivity contribution in [2.75, 3.05) is 0 Å². The summed E-state index contributed by atoms with van der Waals surface area (Å²) in [5.74, 6) is 0. The number of benzene rings is 2. The average Bonchev–Trinajstić information content (AvgIpc) is 3.38. The lowest BCUT2D eigenvalue weighted by Crippen LogP contribution is -2.23. The summed E-state index contributed by atoms with van der Waals surface area (Å²) >= 11 is 0. The molecule has 2 aromatic heterocycles. The molecule has 0 bridgehead atoms. The van der Waals surface area contributed by atoms with E-state index in [4.69, 9.17) is 5.10 Å². The zero-order valence-corrected chi connectivity index (χ0v) is 15.8. The number of hydrogen-bond donors (Lipinski definition) is 0. The third kappa shape index (κ3) is 3.51. The van der Waals surface area contributed by atoms with Crippen LogP contribution in [0.5, 0.6) is 0 Å². The quantitative estimate of drug-likeness (QED) is 0.507. The van der Waals surface area contributed by atoms with Gasteiger partial charge in [0.15, 0.2) is 0 Å². The molecule has 0 saturated carbocycles. The molecule has 0 unspecified atom stereocenters. The minimum Gasteiger partial charge on any atom is -0.244 e. The van der Waals surface area contributed by atoms with Crippen LogP contribution in [0.4, 0.5) is 4.79 Å². The van der Waals surface area contributed by atoms with Crippen LogP contribution in [0.25, 0.3) is 11.1 Å². The number of aryl methyl sites for hydroxylation is 1. The summed E-state index contributed by atoms with van der Waals surface area (Å²) in [5, 5.41) is 8.84. The Hall–Kier alpha value is -3.47. The van der Waals surface area contributed by atoms with E-state index in [-0.39, 0.29) is 6.03 Å². The van der Waals surface area contributed by atoms with Gasteiger partial charge in [-0.05, 0) is 23.6 Å². The van der Waals surface area contributed by atoms with Gasteiger partial charge in [-0.15, -0.1) is 0 Å². The summed E-state index contributed by atoms with van der Waals surface area (Å²) in [7, 11) is 0. The maximum atomic E-state index is 13.1. The van der Waals surface area contributed by atoms with Crippen molar-refractivity contribution in [3.8, 4) is 11.1 Å². The standard InChI is InChI=1S/C23H22N4O/c1-2-10-20-22(19-13-7-4-8-14-19)21(17-18-11-5-3-6-12-18)27(25-20)23(28)26-16-9-15-24-26/h3-9,11-16H,2,10,17H2,1H3. The molecule has 5 nitrogen and oxygen atoms in total. The van der Waals surface area contributed by atoms with Crippen molar-refractivity contribution in [3.05, 3.63) is 96.1 Å². The second-order valence-electron chi connectivity index (χ2n) is 6.69. The molecule has 0 radical (unpaired) electrons. The Bertz CT molecular complexity index is 1050. The van der Waals surface area contributed by atoms with Crippen LogP contribution in [-0.4, -0.2) is 25.6 Å². The average molecular weight is 370 g/mol. The lowest BCUT2D eigenvalue weighted by atomic mass is 9.97. The summed E-state index contributed by atoms with van der Waals surface area (Å²) in [6.07, 6.45) is 5.64. The van der Waals surface area contributed by atoms with Crippen LogP contribution in [0.2, 0.25) is 0 Å². The normalized spacial score (nSPS) is 10.9. The highest BCUT2D eigenvalue weighted by Crippen LogP contribution is 2.30. The van der Waals surface area contributed by atoms with Crippen LogP contribution in [0.1, 0.15) is 30.3 Å². The molecular weight excluding hydrogens is 348 g/mol. The molecule has 2 heterocycles. The van der Waals surface area contributed by atoms with E-state index in [2.05, 4.69) is 36.3 Å². The third-order valence-corrected chi connectivity index (χ3v) is 4.70. The summed E-state index contributed by atoms with van der Waals surface area (Å²) in [6.45, 7) is 2.12. The maximum Gasteiger partial charge on any atom is 0.369 e. The van der Waals surface area contributed by atoms with Crippen molar-refractivity contribution in [2.24, 2.45) is 0 Å². The molecule has 140 valence electrons. The molecule has 28 heavy (non-hydrogen) atoms. The van der Waals surface area contributed by atoms with Crippen LogP contribution >= 0.6 is 0 Å². The fraction of sp³-hybridized carbons (Fsp3) is 0.174. The van der Waals surface area contributed by atoms with Crippen LogP contribution in [-0.2, 0) is 12.8 Å². The fourth-order valence-corrected chi connectivity index (χ4v) is 3.44. The van der Waals surface area contributed by atoms with Gasteiger partial charge in [0.2, 0.25) is 0 Å². The van der Waals surface area contributed by atoms with Gasteiger partial charge in [-0.3, -0.25) is 0 Å². The van der Waals surface area contributed by atoms with Crippen LogP contribution in [0.15, 0.2) is 79.1 Å². The smallest absolute Gasteiger partial charge is 0.244 e. The molecule has 0 aliphatic carbocycles. The molecule has 0 spiro atoms. The van der Waals surface area contributed by atoms with Crippen molar-refractivity contribution in [1.82, 2.24) is 19.6 Å². The van der Waals surface area contributed by atoms with E-state index in [1.54, 1.807) is 18.5 Å². The molecule has 0 amide bonds. The Kier molecular flexibility index (Phi) is 5.15. The molecule has 0 N–H and O–H groups in total. The molecule has 0 saturated heterocycles. The van der Waals surface area contributed by atoms with Crippen LogP contribution < -0.4 is 0 Å². The van der Waals surface area contributed by atoms with Crippen molar-refractivity contribution < 1.29 is 4.79 Å². The SMILES string of the molecule is CCCc1nn(C(=O)n2cccn2)c(Cc2ccccc2)c1-c1ccccc1. The molecule has 2 aromatic carbocycles. The van der Waals surface area contributed by atoms with Crippen LogP contribution in [0, 0.1) is 0 Å². The molecular formula is C23H22N4O. The van der Waals surface area contributed by atoms with E-state index < -0.39 is 0 Å². The van der Waals surface area contributed by atoms with E-state index >= 15 is 0 Å². The first-order valence-corrected chi connectivity index (χ1v) is 9.52. The first-order valence-electron chi connectivity index (χ1n) is 9.52. The molecule has 0 aliphatic heterocycles. The Morgan fingerprint density at radius 3 is 2.32 bits per heavy atom. The lowest BCUT2D eigenvalue weighted by Gasteiger charge is -2.10. The van der Waals surface area contributed by atoms with Crippen molar-refractivity contribution in [3.63, 3.8) is 0 Å².